The first-order valence-corrected chi connectivity index (χ1v) is 7.06. The Labute approximate surface area is 120 Å². The van der Waals surface area contributed by atoms with Crippen molar-refractivity contribution in [1.29, 1.82) is 0 Å². The highest BCUT2D eigenvalue weighted by Gasteiger charge is 1.98. The number of aromatic nitrogens is 2. The third kappa shape index (κ3) is 4.23. The van der Waals surface area contributed by atoms with Crippen molar-refractivity contribution < 1.29 is 4.79 Å². The van der Waals surface area contributed by atoms with Gasteiger partial charge in [0.2, 0.25) is 0 Å². The molecule has 0 N–H and O–H groups in total. The van der Waals surface area contributed by atoms with Gasteiger partial charge < -0.3 is 0 Å². The van der Waals surface area contributed by atoms with Crippen molar-refractivity contribution in [3.63, 3.8) is 0 Å². The lowest BCUT2D eigenvalue weighted by molar-refractivity contribution is -0.109. The van der Waals surface area contributed by atoms with Crippen molar-refractivity contribution in [3.05, 3.63) is 35.1 Å². The minimum atomic E-state index is 0.123. The second-order valence-electron chi connectivity index (χ2n) is 3.79. The van der Waals surface area contributed by atoms with Gasteiger partial charge in [-0.1, -0.05) is 35.2 Å². The maximum Gasteiger partial charge on any atom is 0.185 e. The van der Waals surface area contributed by atoms with Crippen LogP contribution in [0.2, 0.25) is 5.15 Å². The first-order chi connectivity index (χ1) is 9.15. The van der Waals surface area contributed by atoms with Crippen LogP contribution in [-0.2, 0) is 4.79 Å². The predicted molar refractivity (Wildman–Crippen MR) is 79.2 cm³/mol. The summed E-state index contributed by atoms with van der Waals surface area (Å²) < 4.78 is 0. The fourth-order valence-corrected chi connectivity index (χ4v) is 2.11. The number of halogens is 1. The topological polar surface area (TPSA) is 42.9 Å². The molecule has 1 aromatic heterocycles. The summed E-state index contributed by atoms with van der Waals surface area (Å²) in [6, 6.07) is 5.63. The molecule has 0 saturated carbocycles. The van der Waals surface area contributed by atoms with E-state index in [-0.39, 0.29) is 5.12 Å². The van der Waals surface area contributed by atoms with Gasteiger partial charge in [0.05, 0.1) is 17.2 Å². The van der Waals surface area contributed by atoms with E-state index >= 15 is 0 Å². The summed E-state index contributed by atoms with van der Waals surface area (Å²) in [5.41, 5.74) is 2.40. The van der Waals surface area contributed by atoms with Crippen molar-refractivity contribution in [2.75, 3.05) is 5.75 Å². The molecular weight excluding hydrogens is 280 g/mol. The molecule has 0 spiro atoms. The van der Waals surface area contributed by atoms with Gasteiger partial charge in [0.1, 0.15) is 5.15 Å². The molecule has 0 radical (unpaired) electrons. The summed E-state index contributed by atoms with van der Waals surface area (Å²) in [5, 5.41) is 0.493. The Morgan fingerprint density at radius 3 is 3.05 bits per heavy atom. The molecule has 0 bridgehead atoms. The number of hydrogen-bond acceptors (Lipinski definition) is 4. The molecule has 0 unspecified atom stereocenters. The summed E-state index contributed by atoms with van der Waals surface area (Å²) in [7, 11) is 0. The molecule has 0 aliphatic heterocycles. The van der Waals surface area contributed by atoms with E-state index in [1.165, 1.54) is 18.0 Å². The lowest BCUT2D eigenvalue weighted by Gasteiger charge is -1.97. The summed E-state index contributed by atoms with van der Waals surface area (Å²) in [6.45, 7) is 1.56. The van der Waals surface area contributed by atoms with Gasteiger partial charge in [-0.25, -0.2) is 4.98 Å². The SMILES string of the molecule is CC(=O)SCCC#Cc1ccc2ncc(Cl)nc2c1. The second kappa shape index (κ2) is 6.55. The van der Waals surface area contributed by atoms with E-state index in [2.05, 4.69) is 21.8 Å². The van der Waals surface area contributed by atoms with Gasteiger partial charge in [0.25, 0.3) is 0 Å². The van der Waals surface area contributed by atoms with E-state index in [1.807, 2.05) is 18.2 Å². The summed E-state index contributed by atoms with van der Waals surface area (Å²) in [4.78, 5) is 19.1. The van der Waals surface area contributed by atoms with Gasteiger partial charge in [-0.2, -0.15) is 0 Å². The molecule has 1 aromatic carbocycles. The summed E-state index contributed by atoms with van der Waals surface area (Å²) in [6.07, 6.45) is 2.21. The Morgan fingerprint density at radius 2 is 2.26 bits per heavy atom. The van der Waals surface area contributed by atoms with Gasteiger partial charge in [-0.15, -0.1) is 0 Å². The molecule has 19 heavy (non-hydrogen) atoms. The number of benzene rings is 1. The maximum absolute atomic E-state index is 10.7. The minimum Gasteiger partial charge on any atom is -0.288 e. The van der Waals surface area contributed by atoms with E-state index in [0.29, 0.717) is 11.6 Å². The molecule has 2 rings (SSSR count). The second-order valence-corrected chi connectivity index (χ2v) is 5.45. The first-order valence-electron chi connectivity index (χ1n) is 5.70. The Kier molecular flexibility index (Phi) is 4.78. The number of fused-ring (bicyclic) bond motifs is 1. The van der Waals surface area contributed by atoms with Crippen LogP contribution in [0.25, 0.3) is 11.0 Å². The highest BCUT2D eigenvalue weighted by atomic mass is 35.5. The van der Waals surface area contributed by atoms with Crippen LogP contribution in [0.4, 0.5) is 0 Å². The number of carbonyl (C=O) groups excluding carboxylic acids is 1. The Balaban J connectivity index is 2.09. The highest BCUT2D eigenvalue weighted by molar-refractivity contribution is 8.13. The summed E-state index contributed by atoms with van der Waals surface area (Å²) in [5.74, 6) is 6.80. The monoisotopic (exact) mass is 290 g/mol. The van der Waals surface area contributed by atoms with Crippen molar-refractivity contribution >= 4 is 39.5 Å². The minimum absolute atomic E-state index is 0.123. The third-order valence-corrected chi connectivity index (χ3v) is 3.27. The lowest BCUT2D eigenvalue weighted by atomic mass is 10.2. The Hall–Kier alpha value is -1.57. The molecule has 1 heterocycles. The molecule has 0 fully saturated rings. The van der Waals surface area contributed by atoms with Crippen LogP contribution in [0.3, 0.4) is 0 Å². The van der Waals surface area contributed by atoms with Crippen LogP contribution in [-0.4, -0.2) is 20.8 Å². The van der Waals surface area contributed by atoms with E-state index in [9.17, 15) is 4.79 Å². The molecule has 0 atom stereocenters. The van der Waals surface area contributed by atoms with Crippen LogP contribution < -0.4 is 0 Å². The largest absolute Gasteiger partial charge is 0.288 e. The highest BCUT2D eigenvalue weighted by Crippen LogP contribution is 2.13. The molecule has 96 valence electrons. The number of thioether (sulfide) groups is 1. The normalized spacial score (nSPS) is 10.0. The number of carbonyl (C=O) groups is 1. The zero-order valence-corrected chi connectivity index (χ0v) is 11.9. The quantitative estimate of drug-likeness (QED) is 0.629. The summed E-state index contributed by atoms with van der Waals surface area (Å²) >= 11 is 7.09. The maximum atomic E-state index is 10.7. The van der Waals surface area contributed by atoms with Crippen LogP contribution in [0.1, 0.15) is 18.9 Å². The molecule has 0 aliphatic carbocycles. The van der Waals surface area contributed by atoms with Crippen molar-refractivity contribution in [2.24, 2.45) is 0 Å². The van der Waals surface area contributed by atoms with Crippen molar-refractivity contribution in [3.8, 4) is 11.8 Å². The molecule has 2 aromatic rings. The van der Waals surface area contributed by atoms with Gasteiger partial charge in [-0.05, 0) is 18.2 Å². The van der Waals surface area contributed by atoms with Crippen molar-refractivity contribution in [2.45, 2.75) is 13.3 Å². The van der Waals surface area contributed by atoms with Crippen LogP contribution in [0.15, 0.2) is 24.4 Å². The average molecular weight is 291 g/mol. The predicted octanol–water partition coefficient (Wildman–Crippen LogP) is 3.30. The van der Waals surface area contributed by atoms with E-state index < -0.39 is 0 Å². The van der Waals surface area contributed by atoms with Gasteiger partial charge in [0, 0.05) is 24.7 Å². The molecular formula is C14H11ClN2OS. The zero-order chi connectivity index (χ0) is 13.7. The van der Waals surface area contributed by atoms with Crippen LogP contribution in [0.5, 0.6) is 0 Å². The fourth-order valence-electron chi connectivity index (χ4n) is 1.48. The standard InChI is InChI=1S/C14H11ClN2OS/c1-10(18)19-7-3-2-4-11-5-6-12-13(8-11)17-14(15)9-16-12/h5-6,8-9H,3,7H2,1H3. The van der Waals surface area contributed by atoms with E-state index in [4.69, 9.17) is 11.6 Å². The fraction of sp³-hybridized carbons (Fsp3) is 0.214. The van der Waals surface area contributed by atoms with Crippen LogP contribution >= 0.6 is 23.4 Å². The molecule has 5 heteroatoms. The van der Waals surface area contributed by atoms with E-state index in [0.717, 1.165) is 22.3 Å². The van der Waals surface area contributed by atoms with E-state index in [1.54, 1.807) is 6.92 Å². The first kappa shape index (κ1) is 13.9. The van der Waals surface area contributed by atoms with Gasteiger partial charge >= 0.3 is 0 Å². The Morgan fingerprint density at radius 1 is 1.42 bits per heavy atom. The number of rotatable bonds is 2. The zero-order valence-electron chi connectivity index (χ0n) is 10.3. The lowest BCUT2D eigenvalue weighted by Crippen LogP contribution is -1.86. The van der Waals surface area contributed by atoms with Gasteiger partial charge in [-0.3, -0.25) is 9.78 Å². The van der Waals surface area contributed by atoms with Crippen molar-refractivity contribution in [1.82, 2.24) is 9.97 Å². The Bertz CT molecular complexity index is 676. The molecule has 0 amide bonds. The third-order valence-electron chi connectivity index (χ3n) is 2.28. The molecule has 0 saturated heterocycles. The smallest absolute Gasteiger partial charge is 0.185 e. The number of hydrogen-bond donors (Lipinski definition) is 0. The number of nitrogens with zero attached hydrogens (tertiary/aromatic N) is 2. The molecule has 0 aliphatic rings. The van der Waals surface area contributed by atoms with Gasteiger partial charge in [0.15, 0.2) is 5.12 Å². The van der Waals surface area contributed by atoms with Crippen LogP contribution in [0, 0.1) is 11.8 Å². The molecule has 3 nitrogen and oxygen atoms in total. The average Bonchev–Trinajstić information content (AvgIpc) is 2.37.